The van der Waals surface area contributed by atoms with Gasteiger partial charge in [0.1, 0.15) is 0 Å². The van der Waals surface area contributed by atoms with Crippen LogP contribution in [-0.4, -0.2) is 26.1 Å². The van der Waals surface area contributed by atoms with Crippen LogP contribution in [0, 0.1) is 5.92 Å². The zero-order chi connectivity index (χ0) is 13.0. The molecular weight excluding hydrogens is 230 g/mol. The third kappa shape index (κ3) is 3.31. The number of aliphatic carboxylic acids is 1. The lowest BCUT2D eigenvalue weighted by Crippen LogP contribution is -2.18. The third-order valence-corrected chi connectivity index (χ3v) is 3.92. The van der Waals surface area contributed by atoms with Crippen LogP contribution in [0.4, 0.5) is 0 Å². The summed E-state index contributed by atoms with van der Waals surface area (Å²) in [5.41, 5.74) is 0.787. The van der Waals surface area contributed by atoms with E-state index in [2.05, 4.69) is 17.2 Å². The largest absolute Gasteiger partial charge is 0.481 e. The summed E-state index contributed by atoms with van der Waals surface area (Å²) in [5, 5.41) is 16.8. The summed E-state index contributed by atoms with van der Waals surface area (Å²) < 4.78 is 1.93. The molecule has 1 saturated carbocycles. The molecule has 1 fully saturated rings. The van der Waals surface area contributed by atoms with E-state index >= 15 is 0 Å². The number of rotatable bonds is 5. The number of hydrogen-bond donors (Lipinski definition) is 1. The number of aryl methyl sites for hydroxylation is 1. The van der Waals surface area contributed by atoms with Crippen molar-refractivity contribution in [2.24, 2.45) is 5.92 Å². The summed E-state index contributed by atoms with van der Waals surface area (Å²) in [6, 6.07) is 0.457. The fourth-order valence-electron chi connectivity index (χ4n) is 2.66. The monoisotopic (exact) mass is 251 g/mol. The highest BCUT2D eigenvalue weighted by Gasteiger charge is 2.22. The van der Waals surface area contributed by atoms with E-state index in [1.165, 1.54) is 32.1 Å². The van der Waals surface area contributed by atoms with Gasteiger partial charge in [0.2, 0.25) is 0 Å². The van der Waals surface area contributed by atoms with Gasteiger partial charge in [0.05, 0.1) is 18.2 Å². The quantitative estimate of drug-likeness (QED) is 0.872. The molecule has 0 aromatic carbocycles. The lowest BCUT2D eigenvalue weighted by Gasteiger charge is -2.27. The third-order valence-electron chi connectivity index (χ3n) is 3.92. The fourth-order valence-corrected chi connectivity index (χ4v) is 2.66. The molecule has 0 radical (unpaired) electrons. The van der Waals surface area contributed by atoms with E-state index in [4.69, 9.17) is 5.11 Å². The Morgan fingerprint density at radius 3 is 2.78 bits per heavy atom. The lowest BCUT2D eigenvalue weighted by molar-refractivity contribution is -0.136. The second-order valence-electron chi connectivity index (χ2n) is 5.17. The molecule has 0 bridgehead atoms. The molecule has 2 rings (SSSR count). The van der Waals surface area contributed by atoms with Crippen LogP contribution in [0.25, 0.3) is 0 Å². The average Bonchev–Trinajstić information content (AvgIpc) is 2.85. The number of carboxylic acids is 1. The van der Waals surface area contributed by atoms with E-state index in [-0.39, 0.29) is 6.42 Å². The van der Waals surface area contributed by atoms with Crippen LogP contribution in [0.1, 0.15) is 57.2 Å². The minimum Gasteiger partial charge on any atom is -0.481 e. The van der Waals surface area contributed by atoms with Gasteiger partial charge in [-0.1, -0.05) is 18.6 Å². The molecule has 0 atom stereocenters. The maximum atomic E-state index is 10.5. The molecule has 0 spiro atoms. The van der Waals surface area contributed by atoms with Crippen molar-refractivity contribution in [3.05, 3.63) is 11.9 Å². The molecule has 1 heterocycles. The van der Waals surface area contributed by atoms with Crippen molar-refractivity contribution in [1.82, 2.24) is 15.0 Å². The highest BCUT2D eigenvalue weighted by Crippen LogP contribution is 2.33. The van der Waals surface area contributed by atoms with E-state index in [1.807, 2.05) is 10.9 Å². The Morgan fingerprint density at radius 2 is 2.17 bits per heavy atom. The van der Waals surface area contributed by atoms with Gasteiger partial charge in [-0.25, -0.2) is 4.68 Å². The van der Waals surface area contributed by atoms with Crippen LogP contribution >= 0.6 is 0 Å². The van der Waals surface area contributed by atoms with Gasteiger partial charge in [-0.05, 0) is 31.6 Å². The Hall–Kier alpha value is -1.39. The number of carbonyl (C=O) groups is 1. The number of aromatic nitrogens is 3. The summed E-state index contributed by atoms with van der Waals surface area (Å²) in [4.78, 5) is 10.5. The van der Waals surface area contributed by atoms with Crippen LogP contribution < -0.4 is 0 Å². The van der Waals surface area contributed by atoms with Crippen molar-refractivity contribution in [3.63, 3.8) is 0 Å². The van der Waals surface area contributed by atoms with Crippen LogP contribution in [-0.2, 0) is 11.2 Å². The van der Waals surface area contributed by atoms with Gasteiger partial charge in [0.25, 0.3) is 0 Å². The second-order valence-corrected chi connectivity index (χ2v) is 5.17. The molecule has 0 amide bonds. The molecule has 5 nitrogen and oxygen atoms in total. The molecule has 18 heavy (non-hydrogen) atoms. The van der Waals surface area contributed by atoms with Crippen LogP contribution in [0.3, 0.4) is 0 Å². The molecular formula is C13H21N3O2. The Bertz CT molecular complexity index is 395. The molecule has 1 aliphatic carbocycles. The minimum atomic E-state index is -0.784. The van der Waals surface area contributed by atoms with Gasteiger partial charge < -0.3 is 5.11 Å². The molecule has 1 aliphatic rings. The molecule has 1 aromatic heterocycles. The Balaban J connectivity index is 1.88. The number of nitrogens with zero attached hydrogens (tertiary/aromatic N) is 3. The van der Waals surface area contributed by atoms with Crippen molar-refractivity contribution < 1.29 is 9.90 Å². The fraction of sp³-hybridized carbons (Fsp3) is 0.769. The van der Waals surface area contributed by atoms with Gasteiger partial charge in [0.15, 0.2) is 0 Å². The summed E-state index contributed by atoms with van der Waals surface area (Å²) >= 11 is 0. The van der Waals surface area contributed by atoms with Crippen molar-refractivity contribution >= 4 is 5.97 Å². The summed E-state index contributed by atoms with van der Waals surface area (Å²) in [5.74, 6) is 0.0873. The Morgan fingerprint density at radius 1 is 1.44 bits per heavy atom. The summed E-state index contributed by atoms with van der Waals surface area (Å²) in [7, 11) is 0. The lowest BCUT2D eigenvalue weighted by atomic mass is 9.85. The first-order chi connectivity index (χ1) is 8.69. The van der Waals surface area contributed by atoms with E-state index in [0.29, 0.717) is 12.5 Å². The van der Waals surface area contributed by atoms with E-state index in [9.17, 15) is 4.79 Å². The first-order valence-corrected chi connectivity index (χ1v) is 6.81. The molecule has 0 aliphatic heterocycles. The summed E-state index contributed by atoms with van der Waals surface area (Å²) in [6.45, 7) is 2.25. The van der Waals surface area contributed by atoms with Gasteiger partial charge in [-0.2, -0.15) is 0 Å². The number of carboxylic acid groups (broad SMARTS) is 1. The van der Waals surface area contributed by atoms with Crippen molar-refractivity contribution in [3.8, 4) is 0 Å². The Kier molecular flexibility index (Phi) is 4.33. The molecule has 5 heteroatoms. The first-order valence-electron chi connectivity index (χ1n) is 6.81. The molecule has 0 saturated heterocycles. The van der Waals surface area contributed by atoms with Crippen molar-refractivity contribution in [2.45, 2.75) is 57.9 Å². The predicted octanol–water partition coefficient (Wildman–Crippen LogP) is 2.44. The van der Waals surface area contributed by atoms with Gasteiger partial charge in [-0.15, -0.1) is 5.10 Å². The van der Waals surface area contributed by atoms with Crippen LogP contribution in [0.15, 0.2) is 6.20 Å². The molecule has 0 unspecified atom stereocenters. The first kappa shape index (κ1) is 13.1. The minimum absolute atomic E-state index is 0.126. The maximum Gasteiger partial charge on any atom is 0.303 e. The number of hydrogen-bond acceptors (Lipinski definition) is 3. The Labute approximate surface area is 107 Å². The zero-order valence-electron chi connectivity index (χ0n) is 10.9. The second kappa shape index (κ2) is 5.98. The van der Waals surface area contributed by atoms with E-state index < -0.39 is 5.97 Å². The van der Waals surface area contributed by atoms with Gasteiger partial charge in [-0.3, -0.25) is 4.79 Å². The molecule has 1 aromatic rings. The standard InChI is InChI=1S/C13H21N3O2/c1-2-10-3-6-12(7-4-10)16-9-11(14-15-16)5-8-13(17)18/h9-10,12H,2-8H2,1H3,(H,17,18). The predicted molar refractivity (Wildman–Crippen MR) is 67.3 cm³/mol. The smallest absolute Gasteiger partial charge is 0.303 e. The van der Waals surface area contributed by atoms with Gasteiger partial charge in [0, 0.05) is 12.6 Å². The maximum absolute atomic E-state index is 10.5. The van der Waals surface area contributed by atoms with E-state index in [1.54, 1.807) is 0 Å². The zero-order valence-corrected chi connectivity index (χ0v) is 10.9. The summed E-state index contributed by atoms with van der Waals surface area (Å²) in [6.07, 6.45) is 8.66. The topological polar surface area (TPSA) is 68.0 Å². The molecule has 1 N–H and O–H groups in total. The van der Waals surface area contributed by atoms with Crippen molar-refractivity contribution in [1.29, 1.82) is 0 Å². The average molecular weight is 251 g/mol. The van der Waals surface area contributed by atoms with Crippen LogP contribution in [0.2, 0.25) is 0 Å². The van der Waals surface area contributed by atoms with Crippen LogP contribution in [0.5, 0.6) is 0 Å². The van der Waals surface area contributed by atoms with Crippen molar-refractivity contribution in [2.75, 3.05) is 0 Å². The highest BCUT2D eigenvalue weighted by molar-refractivity contribution is 5.66. The normalized spacial score (nSPS) is 24.1. The van der Waals surface area contributed by atoms with E-state index in [0.717, 1.165) is 11.6 Å². The van der Waals surface area contributed by atoms with Gasteiger partial charge >= 0.3 is 5.97 Å². The molecule has 100 valence electrons. The highest BCUT2D eigenvalue weighted by atomic mass is 16.4. The SMILES string of the molecule is CCC1CCC(n2cc(CCC(=O)O)nn2)CC1.